The number of likely N-dealkylation sites (tertiary alicyclic amines) is 1. The van der Waals surface area contributed by atoms with Crippen molar-refractivity contribution in [3.63, 3.8) is 0 Å². The topological polar surface area (TPSA) is 20.3 Å². The molecule has 2 aromatic carbocycles. The molecule has 0 spiro atoms. The van der Waals surface area contributed by atoms with Crippen LogP contribution in [0, 0.1) is 5.92 Å². The van der Waals surface area contributed by atoms with Crippen LogP contribution in [0.3, 0.4) is 0 Å². The normalized spacial score (nSPS) is 26.1. The third kappa shape index (κ3) is 3.20. The molecule has 0 bridgehead atoms. The van der Waals surface area contributed by atoms with Crippen molar-refractivity contribution in [1.29, 1.82) is 0 Å². The molecule has 1 saturated carbocycles. The van der Waals surface area contributed by atoms with Crippen molar-refractivity contribution >= 4 is 17.5 Å². The highest BCUT2D eigenvalue weighted by Crippen LogP contribution is 2.44. The average Bonchev–Trinajstić information content (AvgIpc) is 2.68. The maximum absolute atomic E-state index is 13.2. The molecule has 2 aromatic rings. The molecule has 25 heavy (non-hydrogen) atoms. The van der Waals surface area contributed by atoms with Gasteiger partial charge in [0.05, 0.1) is 10.6 Å². The largest absolute Gasteiger partial charge is 0.335 e. The molecule has 4 rings (SSSR count). The second-order valence-electron chi connectivity index (χ2n) is 7.30. The first-order chi connectivity index (χ1) is 12.3. The second-order valence-corrected chi connectivity index (χ2v) is 7.71. The summed E-state index contributed by atoms with van der Waals surface area (Å²) in [4.78, 5) is 15.3. The molecule has 130 valence electrons. The summed E-state index contributed by atoms with van der Waals surface area (Å²) in [7, 11) is 0. The zero-order valence-electron chi connectivity index (χ0n) is 14.4. The van der Waals surface area contributed by atoms with Crippen LogP contribution in [0.2, 0.25) is 5.02 Å². The van der Waals surface area contributed by atoms with Crippen molar-refractivity contribution < 1.29 is 4.79 Å². The third-order valence-corrected chi connectivity index (χ3v) is 6.30. The van der Waals surface area contributed by atoms with Crippen LogP contribution in [0.5, 0.6) is 0 Å². The number of piperidine rings is 1. The van der Waals surface area contributed by atoms with Gasteiger partial charge in [-0.25, -0.2) is 0 Å². The Morgan fingerprint density at radius 1 is 0.920 bits per heavy atom. The van der Waals surface area contributed by atoms with E-state index in [-0.39, 0.29) is 5.91 Å². The lowest BCUT2D eigenvalue weighted by atomic mass is 9.69. The molecule has 0 N–H and O–H groups in total. The summed E-state index contributed by atoms with van der Waals surface area (Å²) in [6.07, 6.45) is 5.87. The highest BCUT2D eigenvalue weighted by atomic mass is 35.5. The third-order valence-electron chi connectivity index (χ3n) is 5.97. The van der Waals surface area contributed by atoms with E-state index in [0.29, 0.717) is 28.5 Å². The molecule has 1 saturated heterocycles. The summed E-state index contributed by atoms with van der Waals surface area (Å²) in [6.45, 7) is 0.824. The SMILES string of the molecule is O=C(c1ccccc1Cl)N1CC[C@@H](c2ccccc2)[C@@H]2CCCC[C@H]21. The Balaban J connectivity index is 1.62. The number of hydrogen-bond donors (Lipinski definition) is 0. The van der Waals surface area contributed by atoms with E-state index in [1.165, 1.54) is 24.8 Å². The van der Waals surface area contributed by atoms with E-state index in [2.05, 4.69) is 35.2 Å². The summed E-state index contributed by atoms with van der Waals surface area (Å²) >= 11 is 6.29. The molecule has 2 aliphatic rings. The minimum absolute atomic E-state index is 0.106. The second kappa shape index (κ2) is 7.21. The molecule has 2 nitrogen and oxygen atoms in total. The van der Waals surface area contributed by atoms with E-state index in [1.807, 2.05) is 24.3 Å². The Bertz CT molecular complexity index is 745. The lowest BCUT2D eigenvalue weighted by Gasteiger charge is -2.48. The van der Waals surface area contributed by atoms with E-state index in [9.17, 15) is 4.79 Å². The number of benzene rings is 2. The monoisotopic (exact) mass is 353 g/mol. The lowest BCUT2D eigenvalue weighted by Crippen LogP contribution is -2.52. The van der Waals surface area contributed by atoms with Crippen molar-refractivity contribution in [2.24, 2.45) is 5.92 Å². The molecule has 1 amide bonds. The lowest BCUT2D eigenvalue weighted by molar-refractivity contribution is 0.0319. The zero-order valence-corrected chi connectivity index (χ0v) is 15.2. The van der Waals surface area contributed by atoms with Crippen LogP contribution >= 0.6 is 11.6 Å². The molecule has 0 unspecified atom stereocenters. The molecule has 1 heterocycles. The highest BCUT2D eigenvalue weighted by molar-refractivity contribution is 6.33. The van der Waals surface area contributed by atoms with Gasteiger partial charge >= 0.3 is 0 Å². The number of carbonyl (C=O) groups is 1. The number of halogens is 1. The Labute approximate surface area is 154 Å². The van der Waals surface area contributed by atoms with E-state index in [1.54, 1.807) is 0 Å². The fourth-order valence-corrected chi connectivity index (χ4v) is 5.03. The van der Waals surface area contributed by atoms with Gasteiger partial charge in [-0.15, -0.1) is 0 Å². The molecule has 1 aliphatic carbocycles. The van der Waals surface area contributed by atoms with Gasteiger partial charge < -0.3 is 4.90 Å². The van der Waals surface area contributed by atoms with Gasteiger partial charge in [-0.05, 0) is 48.8 Å². The smallest absolute Gasteiger partial charge is 0.255 e. The first-order valence-electron chi connectivity index (χ1n) is 9.36. The highest BCUT2D eigenvalue weighted by Gasteiger charge is 2.42. The standard InChI is InChI=1S/C22H24ClNO/c23-20-12-6-4-11-19(20)22(25)24-15-14-17(16-8-2-1-3-9-16)18-10-5-7-13-21(18)24/h1-4,6,8-9,11-12,17-18,21H,5,7,10,13-15H2/t17-,18-,21+/m0/s1. The predicted molar refractivity (Wildman–Crippen MR) is 102 cm³/mol. The Kier molecular flexibility index (Phi) is 4.80. The number of hydrogen-bond acceptors (Lipinski definition) is 1. The number of rotatable bonds is 2. The summed E-state index contributed by atoms with van der Waals surface area (Å²) in [6, 6.07) is 18.6. The van der Waals surface area contributed by atoms with Crippen molar-refractivity contribution in [2.45, 2.75) is 44.1 Å². The van der Waals surface area contributed by atoms with Crippen molar-refractivity contribution in [2.75, 3.05) is 6.54 Å². The summed E-state index contributed by atoms with van der Waals surface area (Å²) in [5.41, 5.74) is 2.08. The first-order valence-corrected chi connectivity index (χ1v) is 9.74. The van der Waals surface area contributed by atoms with Crippen LogP contribution in [0.15, 0.2) is 54.6 Å². The maximum Gasteiger partial charge on any atom is 0.255 e. The molecule has 0 aromatic heterocycles. The van der Waals surface area contributed by atoms with Gasteiger partial charge in [0.15, 0.2) is 0 Å². The van der Waals surface area contributed by atoms with Crippen LogP contribution in [0.4, 0.5) is 0 Å². The molecule has 3 atom stereocenters. The molecular weight excluding hydrogens is 330 g/mol. The van der Waals surface area contributed by atoms with Crippen LogP contribution in [0.1, 0.15) is 53.9 Å². The minimum Gasteiger partial charge on any atom is -0.335 e. The molecule has 2 fully saturated rings. The van der Waals surface area contributed by atoms with Crippen molar-refractivity contribution in [3.05, 3.63) is 70.7 Å². The minimum atomic E-state index is 0.106. The number of nitrogens with zero attached hydrogens (tertiary/aromatic N) is 1. The fraction of sp³-hybridized carbons (Fsp3) is 0.409. The zero-order chi connectivity index (χ0) is 17.2. The van der Waals surface area contributed by atoms with Gasteiger partial charge in [0.25, 0.3) is 5.91 Å². The Morgan fingerprint density at radius 2 is 1.64 bits per heavy atom. The number of carbonyl (C=O) groups excluding carboxylic acids is 1. The van der Waals surface area contributed by atoms with Crippen LogP contribution in [0.25, 0.3) is 0 Å². The van der Waals surface area contributed by atoms with E-state index in [4.69, 9.17) is 11.6 Å². The number of fused-ring (bicyclic) bond motifs is 1. The fourth-order valence-electron chi connectivity index (χ4n) is 4.81. The first kappa shape index (κ1) is 16.7. The maximum atomic E-state index is 13.2. The van der Waals surface area contributed by atoms with Crippen LogP contribution < -0.4 is 0 Å². The van der Waals surface area contributed by atoms with Gasteiger partial charge in [-0.1, -0.05) is 66.9 Å². The van der Waals surface area contributed by atoms with Gasteiger partial charge in [0.1, 0.15) is 0 Å². The summed E-state index contributed by atoms with van der Waals surface area (Å²) < 4.78 is 0. The van der Waals surface area contributed by atoms with E-state index in [0.717, 1.165) is 19.4 Å². The van der Waals surface area contributed by atoms with Gasteiger partial charge in [0, 0.05) is 12.6 Å². The molecule has 1 aliphatic heterocycles. The summed E-state index contributed by atoms with van der Waals surface area (Å²) in [5.74, 6) is 1.24. The van der Waals surface area contributed by atoms with E-state index < -0.39 is 0 Å². The Hall–Kier alpha value is -1.80. The van der Waals surface area contributed by atoms with Crippen LogP contribution in [-0.4, -0.2) is 23.4 Å². The van der Waals surface area contributed by atoms with Crippen molar-refractivity contribution in [1.82, 2.24) is 4.90 Å². The van der Waals surface area contributed by atoms with Crippen molar-refractivity contribution in [3.8, 4) is 0 Å². The summed E-state index contributed by atoms with van der Waals surface area (Å²) in [5, 5.41) is 0.560. The van der Waals surface area contributed by atoms with Gasteiger partial charge in [0.2, 0.25) is 0 Å². The van der Waals surface area contributed by atoms with Gasteiger partial charge in [-0.2, -0.15) is 0 Å². The van der Waals surface area contributed by atoms with Gasteiger partial charge in [-0.3, -0.25) is 4.79 Å². The average molecular weight is 354 g/mol. The predicted octanol–water partition coefficient (Wildman–Crippen LogP) is 5.53. The van der Waals surface area contributed by atoms with Crippen LogP contribution in [-0.2, 0) is 0 Å². The number of amides is 1. The molecule has 3 heteroatoms. The van der Waals surface area contributed by atoms with E-state index >= 15 is 0 Å². The molecular formula is C22H24ClNO. The quantitative estimate of drug-likeness (QED) is 0.695. The Morgan fingerprint density at radius 3 is 2.44 bits per heavy atom. The molecule has 0 radical (unpaired) electrons.